The third-order valence-electron chi connectivity index (χ3n) is 4.02. The normalized spacial score (nSPS) is 10.6. The van der Waals surface area contributed by atoms with E-state index in [4.69, 9.17) is 16.3 Å². The van der Waals surface area contributed by atoms with Gasteiger partial charge in [0.25, 0.3) is 0 Å². The number of methoxy groups -OCH3 is 1. The minimum absolute atomic E-state index is 0.0712. The molecule has 1 N–H and O–H groups in total. The van der Waals surface area contributed by atoms with Gasteiger partial charge < -0.3 is 10.1 Å². The molecule has 0 saturated carbocycles. The second-order valence-corrected chi connectivity index (χ2v) is 7.41. The first-order valence-corrected chi connectivity index (χ1v) is 9.95. The molecule has 3 rings (SSSR count). The van der Waals surface area contributed by atoms with Crippen molar-refractivity contribution in [3.63, 3.8) is 0 Å². The minimum atomic E-state index is -0.0712. The molecule has 0 unspecified atom stereocenters. The summed E-state index contributed by atoms with van der Waals surface area (Å²) in [6.07, 6.45) is 0. The Bertz CT molecular complexity index is 848. The van der Waals surface area contributed by atoms with Crippen LogP contribution in [0.3, 0.4) is 0 Å². The average Bonchev–Trinajstić information content (AvgIpc) is 2.70. The van der Waals surface area contributed by atoms with Crippen molar-refractivity contribution in [1.29, 1.82) is 0 Å². The second kappa shape index (κ2) is 9.49. The summed E-state index contributed by atoms with van der Waals surface area (Å²) in [5.41, 5.74) is 3.00. The van der Waals surface area contributed by atoms with E-state index in [1.165, 1.54) is 11.1 Å². The van der Waals surface area contributed by atoms with Gasteiger partial charge in [0.1, 0.15) is 5.75 Å². The van der Waals surface area contributed by atoms with Gasteiger partial charge in [-0.25, -0.2) is 0 Å². The smallest absolute Gasteiger partial charge is 0.234 e. The Morgan fingerprint density at radius 3 is 2.11 bits per heavy atom. The second-order valence-electron chi connectivity index (χ2n) is 5.91. The van der Waals surface area contributed by atoms with Gasteiger partial charge in [-0.2, -0.15) is 0 Å². The van der Waals surface area contributed by atoms with Gasteiger partial charge in [0, 0.05) is 5.69 Å². The Morgan fingerprint density at radius 1 is 1.00 bits per heavy atom. The first kappa shape index (κ1) is 19.3. The van der Waals surface area contributed by atoms with Crippen LogP contribution in [-0.2, 0) is 4.79 Å². The molecule has 1 amide bonds. The number of halogens is 1. The summed E-state index contributed by atoms with van der Waals surface area (Å²) in [6, 6.07) is 25.6. The van der Waals surface area contributed by atoms with Gasteiger partial charge in [-0.3, -0.25) is 4.79 Å². The van der Waals surface area contributed by atoms with E-state index in [0.29, 0.717) is 22.2 Å². The van der Waals surface area contributed by atoms with Crippen LogP contribution in [-0.4, -0.2) is 18.8 Å². The van der Waals surface area contributed by atoms with Gasteiger partial charge in [-0.15, -0.1) is 11.8 Å². The molecule has 0 aliphatic rings. The Hall–Kier alpha value is -2.43. The zero-order chi connectivity index (χ0) is 19.1. The van der Waals surface area contributed by atoms with E-state index in [1.807, 2.05) is 36.4 Å². The van der Waals surface area contributed by atoms with Crippen molar-refractivity contribution in [2.24, 2.45) is 0 Å². The van der Waals surface area contributed by atoms with Crippen LogP contribution in [0.25, 0.3) is 0 Å². The maximum absolute atomic E-state index is 12.4. The van der Waals surface area contributed by atoms with E-state index in [2.05, 4.69) is 29.6 Å². The summed E-state index contributed by atoms with van der Waals surface area (Å²) in [4.78, 5) is 12.4. The summed E-state index contributed by atoms with van der Waals surface area (Å²) in [6.45, 7) is 0. The number of nitrogens with one attached hydrogen (secondary N) is 1. The van der Waals surface area contributed by atoms with E-state index < -0.39 is 0 Å². The molecular weight excluding hydrogens is 378 g/mol. The number of rotatable bonds is 7. The Morgan fingerprint density at radius 2 is 1.59 bits per heavy atom. The SMILES string of the molecule is COc1ccc(NC(=O)CSC(c2ccccc2)c2ccccc2)cc1Cl. The van der Waals surface area contributed by atoms with Crippen LogP contribution in [0.15, 0.2) is 78.9 Å². The van der Waals surface area contributed by atoms with Crippen molar-refractivity contribution in [2.45, 2.75) is 5.25 Å². The molecule has 0 radical (unpaired) electrons. The van der Waals surface area contributed by atoms with E-state index in [0.717, 1.165) is 0 Å². The topological polar surface area (TPSA) is 38.3 Å². The zero-order valence-electron chi connectivity index (χ0n) is 14.9. The number of ether oxygens (including phenoxy) is 1. The lowest BCUT2D eigenvalue weighted by Crippen LogP contribution is -2.15. The van der Waals surface area contributed by atoms with Crippen molar-refractivity contribution in [3.8, 4) is 5.75 Å². The highest BCUT2D eigenvalue weighted by Crippen LogP contribution is 2.35. The number of carbonyl (C=O) groups is 1. The molecule has 3 nitrogen and oxygen atoms in total. The molecule has 3 aromatic rings. The van der Waals surface area contributed by atoms with Gasteiger partial charge in [-0.05, 0) is 29.3 Å². The highest BCUT2D eigenvalue weighted by Gasteiger charge is 2.16. The quantitative estimate of drug-likeness (QED) is 0.546. The maximum Gasteiger partial charge on any atom is 0.234 e. The number of benzene rings is 3. The average molecular weight is 398 g/mol. The van der Waals surface area contributed by atoms with E-state index in [1.54, 1.807) is 37.1 Å². The standard InChI is InChI=1S/C22H20ClNO2S/c1-26-20-13-12-18(14-19(20)23)24-21(25)15-27-22(16-8-4-2-5-9-16)17-10-6-3-7-11-17/h2-14,22H,15H2,1H3,(H,24,25). The zero-order valence-corrected chi connectivity index (χ0v) is 16.5. The van der Waals surface area contributed by atoms with E-state index in [9.17, 15) is 4.79 Å². The third-order valence-corrected chi connectivity index (χ3v) is 5.62. The fourth-order valence-corrected chi connectivity index (χ4v) is 4.09. The molecular formula is C22H20ClNO2S. The van der Waals surface area contributed by atoms with Gasteiger partial charge in [0.15, 0.2) is 0 Å². The van der Waals surface area contributed by atoms with Crippen LogP contribution in [0.1, 0.15) is 16.4 Å². The van der Waals surface area contributed by atoms with Crippen LogP contribution in [0, 0.1) is 0 Å². The molecule has 0 saturated heterocycles. The van der Waals surface area contributed by atoms with Crippen LogP contribution in [0.2, 0.25) is 5.02 Å². The maximum atomic E-state index is 12.4. The van der Waals surface area contributed by atoms with E-state index in [-0.39, 0.29) is 11.2 Å². The number of carbonyl (C=O) groups excluding carboxylic acids is 1. The van der Waals surface area contributed by atoms with Gasteiger partial charge in [0.2, 0.25) is 5.91 Å². The number of hydrogen-bond donors (Lipinski definition) is 1. The fourth-order valence-electron chi connectivity index (χ4n) is 2.74. The lowest BCUT2D eigenvalue weighted by atomic mass is 10.0. The lowest BCUT2D eigenvalue weighted by Gasteiger charge is -2.17. The van der Waals surface area contributed by atoms with Crippen molar-refractivity contribution >= 4 is 35.0 Å². The number of anilines is 1. The molecule has 27 heavy (non-hydrogen) atoms. The molecule has 0 heterocycles. The lowest BCUT2D eigenvalue weighted by molar-refractivity contribution is -0.113. The molecule has 0 aliphatic heterocycles. The Balaban J connectivity index is 1.68. The Labute approximate surface area is 168 Å². The first-order chi connectivity index (χ1) is 13.2. The number of hydrogen-bond acceptors (Lipinski definition) is 3. The van der Waals surface area contributed by atoms with Crippen LogP contribution >= 0.6 is 23.4 Å². The molecule has 0 bridgehead atoms. The first-order valence-electron chi connectivity index (χ1n) is 8.52. The predicted octanol–water partition coefficient (Wildman–Crippen LogP) is 5.81. The van der Waals surface area contributed by atoms with E-state index >= 15 is 0 Å². The molecule has 0 spiro atoms. The highest BCUT2D eigenvalue weighted by molar-refractivity contribution is 8.00. The molecule has 138 valence electrons. The number of amides is 1. The summed E-state index contributed by atoms with van der Waals surface area (Å²) in [5, 5.41) is 3.45. The van der Waals surface area contributed by atoms with Crippen molar-refractivity contribution in [3.05, 3.63) is 95.0 Å². The van der Waals surface area contributed by atoms with Crippen LogP contribution < -0.4 is 10.1 Å². The Kier molecular flexibility index (Phi) is 6.80. The number of thioether (sulfide) groups is 1. The molecule has 0 aliphatic carbocycles. The molecule has 5 heteroatoms. The highest BCUT2D eigenvalue weighted by atomic mass is 35.5. The summed E-state index contributed by atoms with van der Waals surface area (Å²) >= 11 is 7.72. The van der Waals surface area contributed by atoms with Crippen molar-refractivity contribution < 1.29 is 9.53 Å². The molecule has 3 aromatic carbocycles. The van der Waals surface area contributed by atoms with Crippen molar-refractivity contribution in [2.75, 3.05) is 18.2 Å². The molecule has 0 aromatic heterocycles. The summed E-state index contributed by atoms with van der Waals surface area (Å²) < 4.78 is 5.13. The van der Waals surface area contributed by atoms with Gasteiger partial charge in [0.05, 0.1) is 23.1 Å². The van der Waals surface area contributed by atoms with Gasteiger partial charge in [-0.1, -0.05) is 72.3 Å². The molecule has 0 fully saturated rings. The van der Waals surface area contributed by atoms with Gasteiger partial charge >= 0.3 is 0 Å². The molecule has 0 atom stereocenters. The largest absolute Gasteiger partial charge is 0.495 e. The van der Waals surface area contributed by atoms with Crippen LogP contribution in [0.5, 0.6) is 5.75 Å². The van der Waals surface area contributed by atoms with Crippen LogP contribution in [0.4, 0.5) is 5.69 Å². The third kappa shape index (κ3) is 5.28. The van der Waals surface area contributed by atoms with Crippen molar-refractivity contribution in [1.82, 2.24) is 0 Å². The summed E-state index contributed by atoms with van der Waals surface area (Å²) in [7, 11) is 1.56. The monoisotopic (exact) mass is 397 g/mol. The minimum Gasteiger partial charge on any atom is -0.495 e. The predicted molar refractivity (Wildman–Crippen MR) is 114 cm³/mol. The fraction of sp³-hybridized carbons (Fsp3) is 0.136. The summed E-state index contributed by atoms with van der Waals surface area (Å²) in [5.74, 6) is 0.841.